The molecule has 1 aromatic rings. The van der Waals surface area contributed by atoms with Gasteiger partial charge < -0.3 is 0 Å². The van der Waals surface area contributed by atoms with E-state index in [0.717, 1.165) is 0 Å². The second kappa shape index (κ2) is 3.62. The molecule has 1 heterocycles. The molecule has 0 bridgehead atoms. The van der Waals surface area contributed by atoms with E-state index in [-0.39, 0.29) is 0 Å². The van der Waals surface area contributed by atoms with Crippen molar-refractivity contribution in [3.8, 4) is 0 Å². The molecule has 0 radical (unpaired) electrons. The number of halogens is 1. The van der Waals surface area contributed by atoms with E-state index in [1.165, 1.54) is 5.46 Å². The van der Waals surface area contributed by atoms with Crippen LogP contribution >= 0.6 is 15.9 Å². The fourth-order valence-corrected chi connectivity index (χ4v) is 0.942. The Morgan fingerprint density at radius 1 is 1.44 bits per heavy atom. The zero-order chi connectivity index (χ0) is 6.53. The number of hydrogen-bond donors (Lipinski definition) is 0. The molecule has 0 atom stereocenters. The molecule has 0 unspecified atom stereocenters. The fraction of sp³-hybridized carbons (Fsp3) is 0. The van der Waals surface area contributed by atoms with E-state index in [1.54, 1.807) is 0 Å². The van der Waals surface area contributed by atoms with Crippen molar-refractivity contribution in [3.63, 3.8) is 0 Å². The molecule has 0 saturated carbocycles. The molecule has 44 valence electrons. The minimum absolute atomic E-state index is 1.22. The Kier molecular flexibility index (Phi) is 2.72. The maximum absolute atomic E-state index is 3.21. The Hall–Kier alpha value is -0.365. The van der Waals surface area contributed by atoms with E-state index in [0.29, 0.717) is 0 Å². The Balaban J connectivity index is 2.85. The number of hydrogen-bond acceptors (Lipinski definition) is 0. The summed E-state index contributed by atoms with van der Waals surface area (Å²) in [6, 6.07) is 6.08. The van der Waals surface area contributed by atoms with Crippen LogP contribution < -0.4 is 0 Å². The second-order valence-electron chi connectivity index (χ2n) is 1.70. The summed E-state index contributed by atoms with van der Waals surface area (Å²) >= 11 is 3.21. The van der Waals surface area contributed by atoms with E-state index in [1.807, 2.05) is 29.2 Å². The molecule has 0 saturated heterocycles. The predicted octanol–water partition coefficient (Wildman–Crippen LogP) is 2.39. The van der Waals surface area contributed by atoms with Crippen molar-refractivity contribution >= 4 is 28.9 Å². The van der Waals surface area contributed by atoms with Crippen molar-refractivity contribution in [1.29, 1.82) is 0 Å². The molecular weight excluding hydrogens is 175 g/mol. The van der Waals surface area contributed by atoms with Gasteiger partial charge in [0.15, 0.2) is 0 Å². The van der Waals surface area contributed by atoms with Crippen LogP contribution in [0.1, 0.15) is 5.46 Å². The molecule has 0 spiro atoms. The van der Waals surface area contributed by atoms with Crippen molar-refractivity contribution in [2.24, 2.45) is 0 Å². The molecule has 0 fully saturated rings. The van der Waals surface area contributed by atoms with Crippen LogP contribution in [0.15, 0.2) is 29.1 Å². The van der Waals surface area contributed by atoms with Crippen LogP contribution in [0, 0.1) is 0 Å². The first-order chi connectivity index (χ1) is 4.43. The third kappa shape index (κ3) is 2.14. The molecule has 0 nitrogen and oxygen atoms in total. The summed E-state index contributed by atoms with van der Waals surface area (Å²) in [7, 11) is 0. The zero-order valence-corrected chi connectivity index (χ0v) is 6.51. The van der Waals surface area contributed by atoms with Gasteiger partial charge in [0.1, 0.15) is 0 Å². The van der Waals surface area contributed by atoms with Gasteiger partial charge in [0.25, 0.3) is 0 Å². The fourth-order valence-electron chi connectivity index (χ4n) is 0.637. The van der Waals surface area contributed by atoms with E-state index >= 15 is 0 Å². The summed E-state index contributed by atoms with van der Waals surface area (Å²) in [5.41, 5.74) is 1.22. The van der Waals surface area contributed by atoms with E-state index in [2.05, 4.69) is 28.9 Å². The molecule has 0 aromatic carbocycles. The third-order valence-corrected chi connectivity index (χ3v) is 1.32. The Labute approximate surface area is 63.9 Å². The van der Waals surface area contributed by atoms with Gasteiger partial charge in [0.05, 0.1) is 0 Å². The average molecular weight is 181 g/mol. The summed E-state index contributed by atoms with van der Waals surface area (Å²) in [5, 5.41) is 0. The van der Waals surface area contributed by atoms with Crippen LogP contribution in [0.3, 0.4) is 0 Å². The van der Waals surface area contributed by atoms with Gasteiger partial charge in [0, 0.05) is 0 Å². The molecule has 1 aromatic heterocycles. The first kappa shape index (κ1) is 6.75. The molecule has 0 aliphatic heterocycles. The molecule has 0 aliphatic rings. The van der Waals surface area contributed by atoms with Gasteiger partial charge in [-0.15, -0.1) is 0 Å². The van der Waals surface area contributed by atoms with Gasteiger partial charge in [0.2, 0.25) is 0 Å². The van der Waals surface area contributed by atoms with Crippen LogP contribution in [0.4, 0.5) is 0 Å². The summed E-state index contributed by atoms with van der Waals surface area (Å²) in [6.45, 7) is 2.05. The van der Waals surface area contributed by atoms with Crippen molar-refractivity contribution in [1.82, 2.24) is 0 Å². The molecule has 9 heavy (non-hydrogen) atoms. The van der Waals surface area contributed by atoms with E-state index < -0.39 is 0 Å². The standard InChI is InChI=1S/C7H6BBr/c9-6-4-7-3-1-2-5-8-7/h1-6H. The first-order valence-electron chi connectivity index (χ1n) is 2.75. The predicted molar refractivity (Wildman–Crippen MR) is 45.8 cm³/mol. The van der Waals surface area contributed by atoms with Crippen LogP contribution in [-0.2, 0) is 0 Å². The molecule has 0 amide bonds. The van der Waals surface area contributed by atoms with Crippen molar-refractivity contribution < 1.29 is 0 Å². The van der Waals surface area contributed by atoms with Crippen molar-refractivity contribution in [2.45, 2.75) is 0 Å². The Morgan fingerprint density at radius 3 is 2.89 bits per heavy atom. The monoisotopic (exact) mass is 180 g/mol. The summed E-state index contributed by atoms with van der Waals surface area (Å²) in [5.74, 6) is 2.02. The van der Waals surface area contributed by atoms with Gasteiger partial charge >= 0.3 is 63.5 Å². The quantitative estimate of drug-likeness (QED) is 0.623. The van der Waals surface area contributed by atoms with E-state index in [9.17, 15) is 0 Å². The summed E-state index contributed by atoms with van der Waals surface area (Å²) < 4.78 is 0. The molecular formula is C7H6BBr. The van der Waals surface area contributed by atoms with Gasteiger partial charge in [-0.05, 0) is 0 Å². The van der Waals surface area contributed by atoms with E-state index in [4.69, 9.17) is 0 Å². The van der Waals surface area contributed by atoms with Crippen LogP contribution in [0.2, 0.25) is 0 Å². The number of rotatable bonds is 1. The maximum atomic E-state index is 3.21. The normalized spacial score (nSPS) is 9.89. The molecule has 2 heteroatoms. The van der Waals surface area contributed by atoms with Crippen LogP contribution in [0.25, 0.3) is 6.08 Å². The van der Waals surface area contributed by atoms with Crippen molar-refractivity contribution in [2.75, 3.05) is 0 Å². The molecule has 0 aliphatic carbocycles. The molecule has 0 N–H and O–H groups in total. The van der Waals surface area contributed by atoms with Crippen LogP contribution in [0.5, 0.6) is 0 Å². The van der Waals surface area contributed by atoms with Crippen LogP contribution in [-0.4, -0.2) is 6.91 Å². The van der Waals surface area contributed by atoms with Gasteiger partial charge in [-0.2, -0.15) is 0 Å². The summed E-state index contributed by atoms with van der Waals surface area (Å²) in [6.07, 6.45) is 2.00. The zero-order valence-electron chi connectivity index (χ0n) is 4.92. The van der Waals surface area contributed by atoms with Gasteiger partial charge in [-0.1, -0.05) is 0 Å². The van der Waals surface area contributed by atoms with Crippen molar-refractivity contribution in [3.05, 3.63) is 34.6 Å². The van der Waals surface area contributed by atoms with Gasteiger partial charge in [-0.25, -0.2) is 0 Å². The first-order valence-corrected chi connectivity index (χ1v) is 3.67. The van der Waals surface area contributed by atoms with Gasteiger partial charge in [-0.3, -0.25) is 0 Å². The third-order valence-electron chi connectivity index (χ3n) is 1.06. The second-order valence-corrected chi connectivity index (χ2v) is 2.23. The Bertz CT molecular complexity index is 193. The topological polar surface area (TPSA) is 0 Å². The molecule has 1 rings (SSSR count). The Morgan fingerprint density at radius 2 is 2.33 bits per heavy atom. The average Bonchev–Trinajstić information content (AvgIpc) is 1.91. The SMILES string of the molecule is BrC=Cc1bcccc1. The minimum atomic E-state index is 1.22. The summed E-state index contributed by atoms with van der Waals surface area (Å²) in [4.78, 5) is 1.85.